The lowest BCUT2D eigenvalue weighted by Crippen LogP contribution is -2.41. The molecule has 0 radical (unpaired) electrons. The van der Waals surface area contributed by atoms with Crippen LogP contribution in [0.5, 0.6) is 0 Å². The number of carbonyl (C=O) groups is 1. The molecule has 118 valence electrons. The standard InChI is InChI=1S/C15H22Cl2N2O2/c1-11(4-3-9-20)19-15(21)18-8-2-5-12-6-7-13(16)10-14(12)17/h6-7,10-11,20H,2-5,8-9H2,1H3,(H2,18,19,21). The van der Waals surface area contributed by atoms with Gasteiger partial charge in [0, 0.05) is 29.2 Å². The molecule has 4 nitrogen and oxygen atoms in total. The first-order chi connectivity index (χ1) is 10.0. The number of aliphatic hydroxyl groups is 1. The van der Waals surface area contributed by atoms with E-state index < -0.39 is 0 Å². The number of hydrogen-bond acceptors (Lipinski definition) is 2. The van der Waals surface area contributed by atoms with Crippen LogP contribution in [-0.4, -0.2) is 30.3 Å². The van der Waals surface area contributed by atoms with Crippen LogP contribution in [0.1, 0.15) is 31.7 Å². The molecule has 0 aliphatic rings. The molecule has 0 aliphatic carbocycles. The van der Waals surface area contributed by atoms with Gasteiger partial charge >= 0.3 is 6.03 Å². The van der Waals surface area contributed by atoms with Crippen molar-refractivity contribution in [3.63, 3.8) is 0 Å². The van der Waals surface area contributed by atoms with E-state index in [0.29, 0.717) is 23.0 Å². The van der Waals surface area contributed by atoms with Crippen molar-refractivity contribution in [3.05, 3.63) is 33.8 Å². The van der Waals surface area contributed by atoms with Gasteiger partial charge in [0.25, 0.3) is 0 Å². The first-order valence-corrected chi connectivity index (χ1v) is 7.87. The average Bonchev–Trinajstić information content (AvgIpc) is 2.43. The fourth-order valence-electron chi connectivity index (χ4n) is 1.95. The molecule has 0 spiro atoms. The summed E-state index contributed by atoms with van der Waals surface area (Å²) in [7, 11) is 0. The van der Waals surface area contributed by atoms with E-state index in [1.807, 2.05) is 19.1 Å². The predicted octanol–water partition coefficient (Wildman–Crippen LogP) is 3.39. The topological polar surface area (TPSA) is 61.4 Å². The van der Waals surface area contributed by atoms with Crippen molar-refractivity contribution in [1.82, 2.24) is 10.6 Å². The molecular formula is C15H22Cl2N2O2. The molecular weight excluding hydrogens is 311 g/mol. The maximum absolute atomic E-state index is 11.6. The third kappa shape index (κ3) is 7.55. The lowest BCUT2D eigenvalue weighted by atomic mass is 10.1. The van der Waals surface area contributed by atoms with Crippen LogP contribution in [0, 0.1) is 0 Å². The molecule has 0 aliphatic heterocycles. The molecule has 1 rings (SSSR count). The molecule has 0 fully saturated rings. The Morgan fingerprint density at radius 2 is 2.10 bits per heavy atom. The normalized spacial score (nSPS) is 12.0. The zero-order chi connectivity index (χ0) is 15.7. The Hall–Kier alpha value is -0.970. The second-order valence-corrected chi connectivity index (χ2v) is 5.85. The van der Waals surface area contributed by atoms with Crippen molar-refractivity contribution >= 4 is 29.2 Å². The Kier molecular flexibility index (Phi) is 8.50. The number of urea groups is 1. The summed E-state index contributed by atoms with van der Waals surface area (Å²) in [6.45, 7) is 2.65. The predicted molar refractivity (Wildman–Crippen MR) is 87.1 cm³/mol. The van der Waals surface area contributed by atoms with Gasteiger partial charge in [-0.25, -0.2) is 4.79 Å². The fourth-order valence-corrected chi connectivity index (χ4v) is 2.45. The highest BCUT2D eigenvalue weighted by molar-refractivity contribution is 6.35. The smallest absolute Gasteiger partial charge is 0.314 e. The Morgan fingerprint density at radius 3 is 2.76 bits per heavy atom. The van der Waals surface area contributed by atoms with Crippen molar-refractivity contribution in [2.24, 2.45) is 0 Å². The Bertz CT molecular complexity index is 455. The average molecular weight is 333 g/mol. The van der Waals surface area contributed by atoms with Crippen LogP contribution in [0.4, 0.5) is 4.79 Å². The van der Waals surface area contributed by atoms with Crippen molar-refractivity contribution in [1.29, 1.82) is 0 Å². The van der Waals surface area contributed by atoms with E-state index in [2.05, 4.69) is 10.6 Å². The van der Waals surface area contributed by atoms with Gasteiger partial charge in [-0.2, -0.15) is 0 Å². The van der Waals surface area contributed by atoms with Gasteiger partial charge in [-0.3, -0.25) is 0 Å². The van der Waals surface area contributed by atoms with Gasteiger partial charge in [0.1, 0.15) is 0 Å². The number of rotatable bonds is 8. The van der Waals surface area contributed by atoms with Gasteiger partial charge in [0.05, 0.1) is 0 Å². The second-order valence-electron chi connectivity index (χ2n) is 5.01. The molecule has 1 atom stereocenters. The molecule has 0 saturated heterocycles. The maximum atomic E-state index is 11.6. The van der Waals surface area contributed by atoms with Crippen molar-refractivity contribution in [3.8, 4) is 0 Å². The summed E-state index contributed by atoms with van der Waals surface area (Å²) in [5.74, 6) is 0. The Balaban J connectivity index is 2.20. The molecule has 21 heavy (non-hydrogen) atoms. The summed E-state index contributed by atoms with van der Waals surface area (Å²) in [5.41, 5.74) is 1.03. The van der Waals surface area contributed by atoms with Gasteiger partial charge in [-0.05, 0) is 50.3 Å². The van der Waals surface area contributed by atoms with E-state index >= 15 is 0 Å². The van der Waals surface area contributed by atoms with Crippen LogP contribution in [0.25, 0.3) is 0 Å². The van der Waals surface area contributed by atoms with Crippen LogP contribution < -0.4 is 10.6 Å². The minimum Gasteiger partial charge on any atom is -0.396 e. The summed E-state index contributed by atoms with van der Waals surface area (Å²) < 4.78 is 0. The van der Waals surface area contributed by atoms with Crippen molar-refractivity contribution in [2.75, 3.05) is 13.2 Å². The monoisotopic (exact) mass is 332 g/mol. The fraction of sp³-hybridized carbons (Fsp3) is 0.533. The lowest BCUT2D eigenvalue weighted by Gasteiger charge is -2.14. The number of nitrogens with one attached hydrogen (secondary N) is 2. The van der Waals surface area contributed by atoms with E-state index in [9.17, 15) is 4.79 Å². The summed E-state index contributed by atoms with van der Waals surface area (Å²) >= 11 is 11.9. The summed E-state index contributed by atoms with van der Waals surface area (Å²) in [6.07, 6.45) is 3.05. The number of benzene rings is 1. The number of aryl methyl sites for hydroxylation is 1. The van der Waals surface area contributed by atoms with Crippen molar-refractivity contribution in [2.45, 2.75) is 38.6 Å². The molecule has 0 saturated carbocycles. The highest BCUT2D eigenvalue weighted by atomic mass is 35.5. The van der Waals surface area contributed by atoms with Crippen LogP contribution in [0.15, 0.2) is 18.2 Å². The largest absolute Gasteiger partial charge is 0.396 e. The van der Waals surface area contributed by atoms with Gasteiger partial charge in [0.15, 0.2) is 0 Å². The highest BCUT2D eigenvalue weighted by Crippen LogP contribution is 2.21. The molecule has 3 N–H and O–H groups in total. The summed E-state index contributed by atoms with van der Waals surface area (Å²) in [5, 5.41) is 15.6. The molecule has 2 amide bonds. The summed E-state index contributed by atoms with van der Waals surface area (Å²) in [6, 6.07) is 5.32. The van der Waals surface area contributed by atoms with E-state index in [4.69, 9.17) is 28.3 Å². The van der Waals surface area contributed by atoms with Crippen LogP contribution in [0.3, 0.4) is 0 Å². The molecule has 0 aromatic heterocycles. The number of aliphatic hydroxyl groups excluding tert-OH is 1. The molecule has 0 heterocycles. The minimum atomic E-state index is -0.178. The van der Waals surface area contributed by atoms with Crippen LogP contribution in [0.2, 0.25) is 10.0 Å². The first-order valence-electron chi connectivity index (χ1n) is 7.12. The Labute approximate surface area is 135 Å². The number of hydrogen-bond donors (Lipinski definition) is 3. The number of carbonyl (C=O) groups excluding carboxylic acids is 1. The first kappa shape index (κ1) is 18.1. The Morgan fingerprint density at radius 1 is 1.33 bits per heavy atom. The van der Waals surface area contributed by atoms with Gasteiger partial charge < -0.3 is 15.7 Å². The van der Waals surface area contributed by atoms with Gasteiger partial charge in [-0.15, -0.1) is 0 Å². The third-order valence-electron chi connectivity index (χ3n) is 3.10. The van der Waals surface area contributed by atoms with Gasteiger partial charge in [0.2, 0.25) is 0 Å². The van der Waals surface area contributed by atoms with Gasteiger partial charge in [-0.1, -0.05) is 29.3 Å². The third-order valence-corrected chi connectivity index (χ3v) is 3.68. The van der Waals surface area contributed by atoms with E-state index in [1.54, 1.807) is 6.07 Å². The minimum absolute atomic E-state index is 0.0582. The molecule has 1 unspecified atom stereocenters. The zero-order valence-corrected chi connectivity index (χ0v) is 13.7. The maximum Gasteiger partial charge on any atom is 0.314 e. The molecule has 0 bridgehead atoms. The summed E-state index contributed by atoms with van der Waals surface area (Å²) in [4.78, 5) is 11.6. The van der Waals surface area contributed by atoms with E-state index in [-0.39, 0.29) is 18.7 Å². The van der Waals surface area contributed by atoms with Crippen LogP contribution in [-0.2, 0) is 6.42 Å². The van der Waals surface area contributed by atoms with E-state index in [0.717, 1.165) is 24.8 Å². The molecule has 1 aromatic rings. The molecule has 6 heteroatoms. The number of halogens is 2. The zero-order valence-electron chi connectivity index (χ0n) is 12.2. The highest BCUT2D eigenvalue weighted by Gasteiger charge is 2.06. The SMILES string of the molecule is CC(CCCO)NC(=O)NCCCc1ccc(Cl)cc1Cl. The van der Waals surface area contributed by atoms with Crippen LogP contribution >= 0.6 is 23.2 Å². The second kappa shape index (κ2) is 9.87. The number of amides is 2. The molecule has 1 aromatic carbocycles. The van der Waals surface area contributed by atoms with E-state index in [1.165, 1.54) is 0 Å². The lowest BCUT2D eigenvalue weighted by molar-refractivity contribution is 0.234. The van der Waals surface area contributed by atoms with Crippen molar-refractivity contribution < 1.29 is 9.90 Å². The quantitative estimate of drug-likeness (QED) is 0.639.